The Bertz CT molecular complexity index is 926. The number of hydrogen-bond acceptors (Lipinski definition) is 3. The van der Waals surface area contributed by atoms with Gasteiger partial charge in [-0.05, 0) is 56.7 Å². The minimum atomic E-state index is -0.189. The maximum Gasteiger partial charge on any atom is 0.248 e. The van der Waals surface area contributed by atoms with Crippen molar-refractivity contribution in [3.05, 3.63) is 66.1 Å². The summed E-state index contributed by atoms with van der Waals surface area (Å²) in [6.07, 6.45) is 7.16. The molecule has 0 saturated heterocycles. The van der Waals surface area contributed by atoms with Gasteiger partial charge < -0.3 is 14.5 Å². The number of nitrogens with one attached hydrogen (secondary N) is 1. The topological polar surface area (TPSA) is 55.6 Å². The highest BCUT2D eigenvalue weighted by molar-refractivity contribution is 6.01. The van der Waals surface area contributed by atoms with Crippen LogP contribution in [-0.4, -0.2) is 21.4 Å². The number of nitrogens with zero attached hydrogens (tertiary/aromatic N) is 2. The molecular weight excluding hydrogens is 314 g/mol. The fourth-order valence-electron chi connectivity index (χ4n) is 2.51. The van der Waals surface area contributed by atoms with Crippen molar-refractivity contribution in [3.8, 4) is 5.75 Å². The Morgan fingerprint density at radius 3 is 2.88 bits per heavy atom. The van der Waals surface area contributed by atoms with Gasteiger partial charge in [-0.15, -0.1) is 0 Å². The number of imidazole rings is 1. The summed E-state index contributed by atoms with van der Waals surface area (Å²) in [5, 5.41) is 2.85. The van der Waals surface area contributed by atoms with Crippen LogP contribution in [0.1, 0.15) is 25.1 Å². The third kappa shape index (κ3) is 4.47. The normalized spacial score (nSPS) is 11.4. The summed E-state index contributed by atoms with van der Waals surface area (Å²) in [5.41, 5.74) is 3.42. The van der Waals surface area contributed by atoms with E-state index in [9.17, 15) is 4.79 Å². The van der Waals surface area contributed by atoms with Gasteiger partial charge in [0.15, 0.2) is 0 Å². The second-order valence-electron chi connectivity index (χ2n) is 6.13. The number of anilines is 1. The second-order valence-corrected chi connectivity index (χ2v) is 6.13. The quantitative estimate of drug-likeness (QED) is 0.715. The maximum atomic E-state index is 12.1. The van der Waals surface area contributed by atoms with E-state index >= 15 is 0 Å². The molecule has 0 aliphatic carbocycles. The number of hydrogen-bond donors (Lipinski definition) is 1. The summed E-state index contributed by atoms with van der Waals surface area (Å²) in [5.74, 6) is 0.602. The molecule has 128 valence electrons. The standard InChI is InChI=1S/C20H21N3O2/c1-14(2)25-18-6-4-5-16(11-18)7-10-20(24)22-17-8-9-19-21-15(3)12-23(19)13-17/h4-14H,1-3H3,(H,22,24)/b10-7+. The van der Waals surface area contributed by atoms with Crippen LogP contribution >= 0.6 is 0 Å². The molecule has 1 amide bonds. The Balaban J connectivity index is 1.67. The zero-order chi connectivity index (χ0) is 17.8. The highest BCUT2D eigenvalue weighted by Gasteiger charge is 2.02. The van der Waals surface area contributed by atoms with E-state index in [-0.39, 0.29) is 12.0 Å². The summed E-state index contributed by atoms with van der Waals surface area (Å²) in [6.45, 7) is 5.90. The molecule has 0 saturated carbocycles. The monoisotopic (exact) mass is 335 g/mol. The van der Waals surface area contributed by atoms with Crippen LogP contribution in [0.15, 0.2) is 54.9 Å². The molecule has 25 heavy (non-hydrogen) atoms. The largest absolute Gasteiger partial charge is 0.491 e. The van der Waals surface area contributed by atoms with Crippen LogP contribution in [0.4, 0.5) is 5.69 Å². The minimum Gasteiger partial charge on any atom is -0.491 e. The Hall–Kier alpha value is -3.08. The lowest BCUT2D eigenvalue weighted by atomic mass is 10.2. The third-order valence-corrected chi connectivity index (χ3v) is 3.50. The predicted molar refractivity (Wildman–Crippen MR) is 99.8 cm³/mol. The molecule has 0 aliphatic heterocycles. The van der Waals surface area contributed by atoms with Gasteiger partial charge in [-0.2, -0.15) is 0 Å². The zero-order valence-electron chi connectivity index (χ0n) is 14.6. The number of aromatic nitrogens is 2. The fourth-order valence-corrected chi connectivity index (χ4v) is 2.51. The number of aryl methyl sites for hydroxylation is 1. The fraction of sp³-hybridized carbons (Fsp3) is 0.200. The van der Waals surface area contributed by atoms with Gasteiger partial charge in [0.2, 0.25) is 5.91 Å². The van der Waals surface area contributed by atoms with Crippen molar-refractivity contribution >= 4 is 23.3 Å². The summed E-state index contributed by atoms with van der Waals surface area (Å²) >= 11 is 0. The number of amides is 1. The number of rotatable bonds is 5. The summed E-state index contributed by atoms with van der Waals surface area (Å²) in [7, 11) is 0. The summed E-state index contributed by atoms with van der Waals surface area (Å²) in [4.78, 5) is 16.5. The zero-order valence-corrected chi connectivity index (χ0v) is 14.6. The highest BCUT2D eigenvalue weighted by Crippen LogP contribution is 2.16. The Kier molecular flexibility index (Phi) is 4.84. The molecule has 0 radical (unpaired) electrons. The van der Waals surface area contributed by atoms with E-state index in [1.807, 2.05) is 74.0 Å². The van der Waals surface area contributed by atoms with Crippen molar-refractivity contribution in [2.75, 3.05) is 5.32 Å². The second kappa shape index (κ2) is 7.21. The highest BCUT2D eigenvalue weighted by atomic mass is 16.5. The van der Waals surface area contributed by atoms with E-state index in [0.29, 0.717) is 0 Å². The number of fused-ring (bicyclic) bond motifs is 1. The number of carbonyl (C=O) groups excluding carboxylic acids is 1. The number of pyridine rings is 1. The Morgan fingerprint density at radius 2 is 2.08 bits per heavy atom. The summed E-state index contributed by atoms with van der Waals surface area (Å²) in [6, 6.07) is 11.4. The van der Waals surface area contributed by atoms with Crippen molar-refractivity contribution in [1.82, 2.24) is 9.38 Å². The average molecular weight is 335 g/mol. The van der Waals surface area contributed by atoms with Crippen molar-refractivity contribution < 1.29 is 9.53 Å². The minimum absolute atomic E-state index is 0.115. The first-order valence-corrected chi connectivity index (χ1v) is 8.21. The number of benzene rings is 1. The van der Waals surface area contributed by atoms with Crippen molar-refractivity contribution in [3.63, 3.8) is 0 Å². The van der Waals surface area contributed by atoms with Crippen LogP contribution in [0.3, 0.4) is 0 Å². The van der Waals surface area contributed by atoms with Crippen LogP contribution in [0.2, 0.25) is 0 Å². The van der Waals surface area contributed by atoms with E-state index in [1.165, 1.54) is 6.08 Å². The first-order valence-electron chi connectivity index (χ1n) is 8.21. The van der Waals surface area contributed by atoms with Gasteiger partial charge in [0.1, 0.15) is 11.4 Å². The molecular formula is C20H21N3O2. The molecule has 2 heterocycles. The third-order valence-electron chi connectivity index (χ3n) is 3.50. The van der Waals surface area contributed by atoms with Crippen molar-refractivity contribution in [1.29, 1.82) is 0 Å². The molecule has 0 atom stereocenters. The lowest BCUT2D eigenvalue weighted by molar-refractivity contribution is -0.111. The first-order chi connectivity index (χ1) is 12.0. The van der Waals surface area contributed by atoms with Gasteiger partial charge in [0.25, 0.3) is 0 Å². The Morgan fingerprint density at radius 1 is 1.24 bits per heavy atom. The maximum absolute atomic E-state index is 12.1. The number of carbonyl (C=O) groups is 1. The summed E-state index contributed by atoms with van der Waals surface area (Å²) < 4.78 is 7.55. The molecule has 3 aromatic rings. The first kappa shape index (κ1) is 16.8. The SMILES string of the molecule is Cc1cn2cc(NC(=O)/C=C/c3cccc(OC(C)C)c3)ccc2n1. The average Bonchev–Trinajstić information content (AvgIpc) is 2.92. The molecule has 1 aromatic carbocycles. The Labute approximate surface area is 147 Å². The molecule has 0 unspecified atom stereocenters. The van der Waals surface area contributed by atoms with E-state index < -0.39 is 0 Å². The molecule has 0 aliphatic rings. The van der Waals surface area contributed by atoms with Crippen molar-refractivity contribution in [2.24, 2.45) is 0 Å². The van der Waals surface area contributed by atoms with Gasteiger partial charge in [0.05, 0.1) is 17.5 Å². The molecule has 1 N–H and O–H groups in total. The molecule has 0 bridgehead atoms. The van der Waals surface area contributed by atoms with E-state index in [1.54, 1.807) is 6.08 Å². The van der Waals surface area contributed by atoms with Gasteiger partial charge in [0, 0.05) is 18.5 Å². The van der Waals surface area contributed by atoms with Gasteiger partial charge in [-0.1, -0.05) is 12.1 Å². The van der Waals surface area contributed by atoms with E-state index in [2.05, 4.69) is 10.3 Å². The van der Waals surface area contributed by atoms with Crippen molar-refractivity contribution in [2.45, 2.75) is 26.9 Å². The lowest BCUT2D eigenvalue weighted by Gasteiger charge is -2.09. The predicted octanol–water partition coefficient (Wildman–Crippen LogP) is 4.08. The van der Waals surface area contributed by atoms with Crippen LogP contribution in [0, 0.1) is 6.92 Å². The molecule has 5 nitrogen and oxygen atoms in total. The van der Waals surface area contributed by atoms with Gasteiger partial charge in [-0.3, -0.25) is 4.79 Å². The van der Waals surface area contributed by atoms with Gasteiger partial charge >= 0.3 is 0 Å². The number of ether oxygens (including phenoxy) is 1. The van der Waals surface area contributed by atoms with Crippen LogP contribution < -0.4 is 10.1 Å². The molecule has 3 rings (SSSR count). The molecule has 5 heteroatoms. The molecule has 2 aromatic heterocycles. The molecule has 0 spiro atoms. The van der Waals surface area contributed by atoms with Crippen LogP contribution in [0.25, 0.3) is 11.7 Å². The smallest absolute Gasteiger partial charge is 0.248 e. The van der Waals surface area contributed by atoms with Crippen LogP contribution in [-0.2, 0) is 4.79 Å². The van der Waals surface area contributed by atoms with Crippen LogP contribution in [0.5, 0.6) is 5.75 Å². The van der Waals surface area contributed by atoms with Gasteiger partial charge in [-0.25, -0.2) is 4.98 Å². The molecule has 0 fully saturated rings. The van der Waals surface area contributed by atoms with E-state index in [4.69, 9.17) is 4.74 Å². The van der Waals surface area contributed by atoms with E-state index in [0.717, 1.165) is 28.3 Å². The lowest BCUT2D eigenvalue weighted by Crippen LogP contribution is -2.08.